The fraction of sp³-hybridized carbons (Fsp3) is 0.714. The number of aliphatic hydroxyl groups excluding tert-OH is 1. The summed E-state index contributed by atoms with van der Waals surface area (Å²) in [6.45, 7) is 5.16. The monoisotopic (exact) mass is 344 g/mol. The molecular weight excluding hydrogens is 320 g/mol. The van der Waals surface area contributed by atoms with Gasteiger partial charge in [0.05, 0.1) is 12.1 Å². The van der Waals surface area contributed by atoms with E-state index in [1.54, 1.807) is 0 Å². The van der Waals surface area contributed by atoms with Crippen LogP contribution in [0.25, 0.3) is 0 Å². The van der Waals surface area contributed by atoms with Crippen LogP contribution in [-0.4, -0.2) is 65.8 Å². The van der Waals surface area contributed by atoms with E-state index < -0.39 is 42.3 Å². The maximum atomic E-state index is 11.5. The Morgan fingerprint density at radius 1 is 0.792 bits per heavy atom. The molecule has 1 aliphatic rings. The van der Waals surface area contributed by atoms with E-state index >= 15 is 0 Å². The van der Waals surface area contributed by atoms with Gasteiger partial charge in [0.25, 0.3) is 0 Å². The number of hydrogen-bond donors (Lipinski definition) is 5. The smallest absolute Gasteiger partial charge is 0.217 e. The lowest BCUT2D eigenvalue weighted by molar-refractivity contribution is -0.197. The lowest BCUT2D eigenvalue weighted by Gasteiger charge is -2.45. The largest absolute Gasteiger partial charge is 0.366 e. The van der Waals surface area contributed by atoms with Gasteiger partial charge in [0, 0.05) is 34.2 Å². The van der Waals surface area contributed by atoms with Crippen LogP contribution in [0.3, 0.4) is 0 Å². The van der Waals surface area contributed by atoms with Crippen molar-refractivity contribution in [2.45, 2.75) is 58.2 Å². The van der Waals surface area contributed by atoms with Crippen LogP contribution in [0.4, 0.5) is 0 Å². The molecule has 5 atom stereocenters. The Labute approximate surface area is 139 Å². The van der Waals surface area contributed by atoms with Gasteiger partial charge < -0.3 is 31.1 Å². The molecule has 1 saturated heterocycles. The number of rotatable bonds is 5. The van der Waals surface area contributed by atoms with Gasteiger partial charge in [0.2, 0.25) is 23.6 Å². The first-order chi connectivity index (χ1) is 11.1. The SMILES string of the molecule is CC(=O)NC[C@H]1O[C@H](O)[C@H](NC(C)=O)[C@@H](NC(C)=O)[C@H]1NC(C)=O. The molecule has 10 nitrogen and oxygen atoms in total. The number of aliphatic hydroxyl groups is 1. The lowest BCUT2D eigenvalue weighted by atomic mass is 9.90. The van der Waals surface area contributed by atoms with Crippen molar-refractivity contribution >= 4 is 23.6 Å². The molecule has 0 spiro atoms. The molecular formula is C14H24N4O6. The molecule has 0 saturated carbocycles. The quantitative estimate of drug-likeness (QED) is 0.368. The van der Waals surface area contributed by atoms with Gasteiger partial charge in [-0.15, -0.1) is 0 Å². The number of ether oxygens (including phenoxy) is 1. The Morgan fingerprint density at radius 2 is 1.25 bits per heavy atom. The zero-order valence-corrected chi connectivity index (χ0v) is 14.1. The van der Waals surface area contributed by atoms with Crippen LogP contribution in [0.2, 0.25) is 0 Å². The Balaban J connectivity index is 3.11. The Morgan fingerprint density at radius 3 is 1.71 bits per heavy atom. The molecule has 4 amide bonds. The van der Waals surface area contributed by atoms with Crippen molar-refractivity contribution in [2.75, 3.05) is 6.54 Å². The molecule has 10 heteroatoms. The summed E-state index contributed by atoms with van der Waals surface area (Å²) < 4.78 is 5.44. The van der Waals surface area contributed by atoms with Crippen LogP contribution in [0.15, 0.2) is 0 Å². The molecule has 136 valence electrons. The summed E-state index contributed by atoms with van der Waals surface area (Å²) in [5.41, 5.74) is 0. The van der Waals surface area contributed by atoms with Gasteiger partial charge in [-0.2, -0.15) is 0 Å². The maximum absolute atomic E-state index is 11.5. The standard InChI is InChI=1S/C14H24N4O6/c1-6(19)15-5-10-11(16-7(2)20)12(17-8(3)21)13(14(23)24-10)18-9(4)22/h10-14,23H,5H2,1-4H3,(H,15,19)(H,16,20)(H,17,21)(H,18,22)/t10-,11+,12+,13-,14+/m1/s1. The van der Waals surface area contributed by atoms with Crippen molar-refractivity contribution in [1.82, 2.24) is 21.3 Å². The maximum Gasteiger partial charge on any atom is 0.217 e. The summed E-state index contributed by atoms with van der Waals surface area (Å²) in [6.07, 6.45) is -2.22. The zero-order chi connectivity index (χ0) is 18.4. The summed E-state index contributed by atoms with van der Waals surface area (Å²) in [6, 6.07) is -2.55. The van der Waals surface area contributed by atoms with E-state index in [1.807, 2.05) is 0 Å². The number of hydrogen-bond acceptors (Lipinski definition) is 6. The number of carbonyl (C=O) groups excluding carboxylic acids is 4. The minimum absolute atomic E-state index is 0.0141. The molecule has 24 heavy (non-hydrogen) atoms. The molecule has 1 heterocycles. The second kappa shape index (κ2) is 8.60. The summed E-state index contributed by atoms with van der Waals surface area (Å²) in [5, 5.41) is 20.5. The minimum atomic E-state index is -1.42. The molecule has 1 fully saturated rings. The number of amides is 4. The Hall–Kier alpha value is -2.20. The second-order valence-electron chi connectivity index (χ2n) is 5.68. The fourth-order valence-corrected chi connectivity index (χ4v) is 2.63. The topological polar surface area (TPSA) is 146 Å². The van der Waals surface area contributed by atoms with Crippen molar-refractivity contribution in [3.8, 4) is 0 Å². The van der Waals surface area contributed by atoms with Crippen molar-refractivity contribution in [3.05, 3.63) is 0 Å². The molecule has 0 aromatic carbocycles. The van der Waals surface area contributed by atoms with Gasteiger partial charge in [-0.3, -0.25) is 19.2 Å². The highest BCUT2D eigenvalue weighted by Gasteiger charge is 2.46. The van der Waals surface area contributed by atoms with Crippen molar-refractivity contribution in [1.29, 1.82) is 0 Å². The van der Waals surface area contributed by atoms with E-state index in [4.69, 9.17) is 4.74 Å². The molecule has 0 radical (unpaired) electrons. The van der Waals surface area contributed by atoms with Crippen LogP contribution in [-0.2, 0) is 23.9 Å². The van der Waals surface area contributed by atoms with Gasteiger partial charge in [0.1, 0.15) is 12.1 Å². The molecule has 1 aliphatic heterocycles. The molecule has 0 unspecified atom stereocenters. The van der Waals surface area contributed by atoms with Crippen molar-refractivity contribution in [3.63, 3.8) is 0 Å². The third-order valence-electron chi connectivity index (χ3n) is 3.46. The number of nitrogens with one attached hydrogen (secondary N) is 4. The predicted octanol–water partition coefficient (Wildman–Crippen LogP) is -2.65. The molecule has 0 aromatic rings. The molecule has 0 bridgehead atoms. The van der Waals surface area contributed by atoms with Gasteiger partial charge >= 0.3 is 0 Å². The zero-order valence-electron chi connectivity index (χ0n) is 14.1. The van der Waals surface area contributed by atoms with Crippen LogP contribution < -0.4 is 21.3 Å². The first-order valence-corrected chi connectivity index (χ1v) is 7.51. The van der Waals surface area contributed by atoms with Gasteiger partial charge in [0.15, 0.2) is 6.29 Å². The third kappa shape index (κ3) is 5.78. The highest BCUT2D eigenvalue weighted by atomic mass is 16.6. The highest BCUT2D eigenvalue weighted by molar-refractivity contribution is 5.76. The fourth-order valence-electron chi connectivity index (χ4n) is 2.63. The molecule has 1 rings (SSSR count). The van der Waals surface area contributed by atoms with Crippen molar-refractivity contribution < 1.29 is 29.0 Å². The van der Waals surface area contributed by atoms with Crippen LogP contribution >= 0.6 is 0 Å². The number of carbonyl (C=O) groups is 4. The summed E-state index contributed by atoms with van der Waals surface area (Å²) in [7, 11) is 0. The first kappa shape index (κ1) is 19.8. The normalized spacial score (nSPS) is 29.3. The average molecular weight is 344 g/mol. The summed E-state index contributed by atoms with van der Waals surface area (Å²) in [4.78, 5) is 45.5. The predicted molar refractivity (Wildman–Crippen MR) is 82.4 cm³/mol. The molecule has 5 N–H and O–H groups in total. The highest BCUT2D eigenvalue weighted by Crippen LogP contribution is 2.20. The Kier molecular flexibility index (Phi) is 7.11. The van der Waals surface area contributed by atoms with E-state index in [0.717, 1.165) is 0 Å². The van der Waals surface area contributed by atoms with Gasteiger partial charge in [-0.1, -0.05) is 0 Å². The van der Waals surface area contributed by atoms with Gasteiger partial charge in [-0.25, -0.2) is 0 Å². The van der Waals surface area contributed by atoms with E-state index in [-0.39, 0.29) is 18.4 Å². The third-order valence-corrected chi connectivity index (χ3v) is 3.46. The van der Waals surface area contributed by atoms with Crippen molar-refractivity contribution in [2.24, 2.45) is 0 Å². The van der Waals surface area contributed by atoms with E-state index in [1.165, 1.54) is 27.7 Å². The van der Waals surface area contributed by atoms with E-state index in [2.05, 4.69) is 21.3 Å². The molecule has 0 aromatic heterocycles. The van der Waals surface area contributed by atoms with Gasteiger partial charge in [-0.05, 0) is 0 Å². The first-order valence-electron chi connectivity index (χ1n) is 7.51. The van der Waals surface area contributed by atoms with Crippen LogP contribution in [0.1, 0.15) is 27.7 Å². The van der Waals surface area contributed by atoms with E-state index in [9.17, 15) is 24.3 Å². The van der Waals surface area contributed by atoms with E-state index in [0.29, 0.717) is 0 Å². The van der Waals surface area contributed by atoms with Crippen LogP contribution in [0, 0.1) is 0 Å². The molecule has 0 aliphatic carbocycles. The lowest BCUT2D eigenvalue weighted by Crippen LogP contribution is -2.73. The summed E-state index contributed by atoms with van der Waals surface area (Å²) >= 11 is 0. The average Bonchev–Trinajstić information content (AvgIpc) is 2.42. The minimum Gasteiger partial charge on any atom is -0.366 e. The van der Waals surface area contributed by atoms with Crippen LogP contribution in [0.5, 0.6) is 0 Å². The second-order valence-corrected chi connectivity index (χ2v) is 5.68. The Bertz CT molecular complexity index is 511. The summed E-state index contributed by atoms with van der Waals surface area (Å²) in [5.74, 6) is -1.53.